The molecule has 1 saturated carbocycles. The van der Waals surface area contributed by atoms with E-state index in [1.165, 1.54) is 12.4 Å². The Labute approximate surface area is 86.0 Å². The van der Waals surface area contributed by atoms with Crippen LogP contribution < -0.4 is 5.32 Å². The maximum Gasteiger partial charge on any atom is 0.358 e. The Morgan fingerprint density at radius 2 is 2.13 bits per heavy atom. The van der Waals surface area contributed by atoms with E-state index < -0.39 is 5.97 Å². The van der Waals surface area contributed by atoms with Gasteiger partial charge in [-0.05, 0) is 12.8 Å². The number of anilines is 1. The summed E-state index contributed by atoms with van der Waals surface area (Å²) >= 11 is 0. The van der Waals surface area contributed by atoms with Gasteiger partial charge in [-0.2, -0.15) is 0 Å². The van der Waals surface area contributed by atoms with Gasteiger partial charge >= 0.3 is 5.97 Å². The smallest absolute Gasteiger partial charge is 0.358 e. The molecule has 1 fully saturated rings. The lowest BCUT2D eigenvalue weighted by Gasteiger charge is -2.15. The molecule has 0 amide bonds. The first kappa shape index (κ1) is 9.85. The van der Waals surface area contributed by atoms with E-state index in [-0.39, 0.29) is 23.7 Å². The highest BCUT2D eigenvalue weighted by Gasteiger charge is 2.43. The van der Waals surface area contributed by atoms with Gasteiger partial charge in [0.05, 0.1) is 12.1 Å². The molecule has 2 rings (SSSR count). The van der Waals surface area contributed by atoms with E-state index in [1.54, 1.807) is 0 Å². The fraction of sp³-hybridized carbons (Fsp3) is 0.444. The third kappa shape index (κ3) is 1.89. The first-order valence-electron chi connectivity index (χ1n) is 4.60. The standard InChI is InChI=1S/C9H11N3O3/c13-5-9(1-2-9)12-7-6(8(14)15)10-3-4-11-7/h3-4,13H,1-2,5H2,(H,11,12)(H,14,15). The minimum Gasteiger partial charge on any atom is -0.476 e. The molecule has 0 bridgehead atoms. The van der Waals surface area contributed by atoms with Gasteiger partial charge in [-0.1, -0.05) is 0 Å². The van der Waals surface area contributed by atoms with E-state index in [9.17, 15) is 4.79 Å². The van der Waals surface area contributed by atoms with E-state index in [4.69, 9.17) is 10.2 Å². The van der Waals surface area contributed by atoms with Crippen LogP contribution in [0.2, 0.25) is 0 Å². The monoisotopic (exact) mass is 209 g/mol. The Bertz CT molecular complexity index is 390. The van der Waals surface area contributed by atoms with Crippen LogP contribution in [-0.4, -0.2) is 38.3 Å². The van der Waals surface area contributed by atoms with E-state index >= 15 is 0 Å². The number of nitrogens with zero attached hydrogens (tertiary/aromatic N) is 2. The van der Waals surface area contributed by atoms with Gasteiger partial charge in [0.15, 0.2) is 11.5 Å². The highest BCUT2D eigenvalue weighted by atomic mass is 16.4. The van der Waals surface area contributed by atoms with Crippen LogP contribution in [0, 0.1) is 0 Å². The number of hydrogen-bond acceptors (Lipinski definition) is 5. The Morgan fingerprint density at radius 1 is 1.47 bits per heavy atom. The predicted octanol–water partition coefficient (Wildman–Crippen LogP) is 0.112. The molecule has 1 aliphatic rings. The molecule has 1 aromatic heterocycles. The fourth-order valence-corrected chi connectivity index (χ4v) is 1.31. The second-order valence-corrected chi connectivity index (χ2v) is 3.62. The Balaban J connectivity index is 2.24. The van der Waals surface area contributed by atoms with Gasteiger partial charge in [0.25, 0.3) is 0 Å². The SMILES string of the molecule is O=C(O)c1nccnc1NC1(CO)CC1. The highest BCUT2D eigenvalue weighted by Crippen LogP contribution is 2.38. The molecule has 0 aromatic carbocycles. The van der Waals surface area contributed by atoms with Crippen LogP contribution in [0.4, 0.5) is 5.82 Å². The number of carbonyl (C=O) groups is 1. The lowest BCUT2D eigenvalue weighted by atomic mass is 10.3. The molecular weight excluding hydrogens is 198 g/mol. The summed E-state index contributed by atoms with van der Waals surface area (Å²) in [6.07, 6.45) is 4.38. The van der Waals surface area contributed by atoms with Gasteiger partial charge in [-0.15, -0.1) is 0 Å². The minimum absolute atomic E-state index is 0.0252. The van der Waals surface area contributed by atoms with Crippen LogP contribution in [0.5, 0.6) is 0 Å². The number of aliphatic hydroxyl groups is 1. The molecule has 80 valence electrons. The maximum absolute atomic E-state index is 10.8. The van der Waals surface area contributed by atoms with Crippen LogP contribution in [0.3, 0.4) is 0 Å². The zero-order chi connectivity index (χ0) is 10.9. The van der Waals surface area contributed by atoms with Crippen LogP contribution in [0.15, 0.2) is 12.4 Å². The third-order valence-corrected chi connectivity index (χ3v) is 2.44. The normalized spacial score (nSPS) is 17.1. The van der Waals surface area contributed by atoms with Crippen molar-refractivity contribution in [2.75, 3.05) is 11.9 Å². The summed E-state index contributed by atoms with van der Waals surface area (Å²) < 4.78 is 0. The average Bonchev–Trinajstić information content (AvgIpc) is 2.99. The van der Waals surface area contributed by atoms with Crippen molar-refractivity contribution < 1.29 is 15.0 Å². The summed E-state index contributed by atoms with van der Waals surface area (Å²) in [4.78, 5) is 18.4. The van der Waals surface area contributed by atoms with E-state index in [0.717, 1.165) is 12.8 Å². The summed E-state index contributed by atoms with van der Waals surface area (Å²) in [7, 11) is 0. The number of carboxylic acid groups (broad SMARTS) is 1. The van der Waals surface area contributed by atoms with Gasteiger partial charge in [0.2, 0.25) is 0 Å². The third-order valence-electron chi connectivity index (χ3n) is 2.44. The lowest BCUT2D eigenvalue weighted by Crippen LogP contribution is -2.27. The molecule has 6 heteroatoms. The number of aromatic carboxylic acids is 1. The first-order chi connectivity index (χ1) is 7.17. The maximum atomic E-state index is 10.8. The summed E-state index contributed by atoms with van der Waals surface area (Å²) in [5.74, 6) is -0.907. The largest absolute Gasteiger partial charge is 0.476 e. The van der Waals surface area contributed by atoms with Gasteiger partial charge in [0, 0.05) is 12.4 Å². The van der Waals surface area contributed by atoms with Gasteiger partial charge in [-0.3, -0.25) is 0 Å². The van der Waals surface area contributed by atoms with Crippen LogP contribution >= 0.6 is 0 Å². The Hall–Kier alpha value is -1.69. The van der Waals surface area contributed by atoms with Crippen molar-refractivity contribution in [2.45, 2.75) is 18.4 Å². The van der Waals surface area contributed by atoms with Crippen molar-refractivity contribution in [3.05, 3.63) is 18.1 Å². The summed E-state index contributed by atoms with van der Waals surface area (Å²) in [5, 5.41) is 20.9. The molecule has 0 radical (unpaired) electrons. The number of carboxylic acids is 1. The topological polar surface area (TPSA) is 95.3 Å². The number of aromatic nitrogens is 2. The Kier molecular flexibility index (Phi) is 2.28. The molecule has 0 spiro atoms. The molecule has 3 N–H and O–H groups in total. The molecular formula is C9H11N3O3. The number of aliphatic hydroxyl groups excluding tert-OH is 1. The highest BCUT2D eigenvalue weighted by molar-refractivity contribution is 5.90. The predicted molar refractivity (Wildman–Crippen MR) is 51.7 cm³/mol. The first-order valence-corrected chi connectivity index (χ1v) is 4.60. The van der Waals surface area contributed by atoms with Gasteiger partial charge in [-0.25, -0.2) is 14.8 Å². The fourth-order valence-electron chi connectivity index (χ4n) is 1.31. The van der Waals surface area contributed by atoms with Crippen molar-refractivity contribution in [3.8, 4) is 0 Å². The Morgan fingerprint density at radius 3 is 2.67 bits per heavy atom. The quantitative estimate of drug-likeness (QED) is 0.651. The summed E-state index contributed by atoms with van der Waals surface area (Å²) in [6.45, 7) is -0.0252. The van der Waals surface area contributed by atoms with E-state index in [1.807, 2.05) is 0 Å². The number of hydrogen-bond donors (Lipinski definition) is 3. The molecule has 0 saturated heterocycles. The van der Waals surface area contributed by atoms with E-state index in [0.29, 0.717) is 0 Å². The van der Waals surface area contributed by atoms with Crippen LogP contribution in [-0.2, 0) is 0 Å². The number of nitrogens with one attached hydrogen (secondary N) is 1. The minimum atomic E-state index is -1.13. The summed E-state index contributed by atoms with van der Waals surface area (Å²) in [6, 6.07) is 0. The van der Waals surface area contributed by atoms with Gasteiger partial charge < -0.3 is 15.5 Å². The van der Waals surface area contributed by atoms with E-state index in [2.05, 4.69) is 15.3 Å². The van der Waals surface area contributed by atoms with Crippen molar-refractivity contribution in [1.82, 2.24) is 9.97 Å². The average molecular weight is 209 g/mol. The van der Waals surface area contributed by atoms with Gasteiger partial charge in [0.1, 0.15) is 0 Å². The van der Waals surface area contributed by atoms with Crippen LogP contribution in [0.25, 0.3) is 0 Å². The molecule has 6 nitrogen and oxygen atoms in total. The zero-order valence-electron chi connectivity index (χ0n) is 7.97. The molecule has 1 aromatic rings. The molecule has 1 heterocycles. The molecule has 0 atom stereocenters. The lowest BCUT2D eigenvalue weighted by molar-refractivity contribution is 0.0691. The molecule has 15 heavy (non-hydrogen) atoms. The second-order valence-electron chi connectivity index (χ2n) is 3.62. The summed E-state index contributed by atoms with van der Waals surface area (Å²) in [5.41, 5.74) is -0.502. The number of rotatable bonds is 4. The van der Waals surface area contributed by atoms with Crippen molar-refractivity contribution in [1.29, 1.82) is 0 Å². The van der Waals surface area contributed by atoms with Crippen molar-refractivity contribution >= 4 is 11.8 Å². The second kappa shape index (κ2) is 3.47. The molecule has 0 aliphatic heterocycles. The molecule has 0 unspecified atom stereocenters. The van der Waals surface area contributed by atoms with Crippen LogP contribution in [0.1, 0.15) is 23.3 Å². The van der Waals surface area contributed by atoms with Crippen molar-refractivity contribution in [2.24, 2.45) is 0 Å². The molecule has 1 aliphatic carbocycles. The zero-order valence-corrected chi connectivity index (χ0v) is 7.97. The van der Waals surface area contributed by atoms with Crippen molar-refractivity contribution in [3.63, 3.8) is 0 Å².